The van der Waals surface area contributed by atoms with Crippen molar-refractivity contribution in [3.8, 4) is 0 Å². The fourth-order valence-electron chi connectivity index (χ4n) is 2.63. The number of halogens is 3. The van der Waals surface area contributed by atoms with Crippen molar-refractivity contribution in [3.05, 3.63) is 0 Å². The normalized spacial score (nSPS) is 36.5. The van der Waals surface area contributed by atoms with Crippen LogP contribution in [0.3, 0.4) is 0 Å². The van der Waals surface area contributed by atoms with Gasteiger partial charge in [0.15, 0.2) is 0 Å². The van der Waals surface area contributed by atoms with Gasteiger partial charge in [-0.1, -0.05) is 75.8 Å². The molecule has 6 atom stereocenters. The molecule has 1 aliphatic rings. The van der Waals surface area contributed by atoms with Crippen molar-refractivity contribution in [2.45, 2.75) is 57.2 Å². The van der Waals surface area contributed by atoms with Crippen LogP contribution in [-0.4, -0.2) is 22.1 Å². The zero-order valence-electron chi connectivity index (χ0n) is 12.6. The van der Waals surface area contributed by atoms with E-state index in [1.165, 1.54) is 0 Å². The van der Waals surface area contributed by atoms with E-state index in [4.69, 9.17) is 49.7 Å². The molecule has 118 valence electrons. The summed E-state index contributed by atoms with van der Waals surface area (Å²) in [6, 6.07) is 0. The second-order valence-corrected chi connectivity index (χ2v) is 8.16. The Balaban J connectivity index is 2.83. The molecule has 0 aromatic carbocycles. The molecule has 3 nitrogen and oxygen atoms in total. The molecule has 0 spiro atoms. The molecule has 1 rings (SSSR count). The zero-order valence-corrected chi connectivity index (χ0v) is 14.9. The van der Waals surface area contributed by atoms with Crippen molar-refractivity contribution in [2.75, 3.05) is 0 Å². The van der Waals surface area contributed by atoms with Crippen LogP contribution in [0.5, 0.6) is 0 Å². The van der Waals surface area contributed by atoms with Crippen LogP contribution in [0.4, 0.5) is 0 Å². The molecule has 0 aromatic rings. The third kappa shape index (κ3) is 4.16. The van der Waals surface area contributed by atoms with Gasteiger partial charge < -0.3 is 9.47 Å². The maximum atomic E-state index is 7.70. The molecule has 0 amide bonds. The van der Waals surface area contributed by atoms with Crippen LogP contribution in [-0.2, 0) is 9.47 Å². The minimum absolute atomic E-state index is 0.0966. The SMILES string of the molecule is CC[C@H](C)C1O[C@@H](OC(=N)C(Cl)(Cl)Cl)C(C)[C@@H](C)[C@@H]1C. The molecule has 20 heavy (non-hydrogen) atoms. The smallest absolute Gasteiger partial charge is 0.265 e. The van der Waals surface area contributed by atoms with Gasteiger partial charge in [-0.25, -0.2) is 0 Å². The molecule has 1 aliphatic heterocycles. The number of ether oxygens (including phenoxy) is 2. The summed E-state index contributed by atoms with van der Waals surface area (Å²) in [5.41, 5.74) is 0. The van der Waals surface area contributed by atoms with Crippen molar-refractivity contribution in [3.63, 3.8) is 0 Å². The molecule has 2 unspecified atom stereocenters. The van der Waals surface area contributed by atoms with E-state index in [1.54, 1.807) is 0 Å². The Morgan fingerprint density at radius 1 is 1.20 bits per heavy atom. The summed E-state index contributed by atoms with van der Waals surface area (Å²) in [5, 5.41) is 7.70. The van der Waals surface area contributed by atoms with E-state index in [9.17, 15) is 0 Å². The Bertz CT molecular complexity index is 346. The number of nitrogens with one attached hydrogen (secondary N) is 1. The van der Waals surface area contributed by atoms with E-state index in [2.05, 4.69) is 27.7 Å². The lowest BCUT2D eigenvalue weighted by Gasteiger charge is -2.45. The van der Waals surface area contributed by atoms with Crippen molar-refractivity contribution in [2.24, 2.45) is 23.7 Å². The third-order valence-corrected chi connectivity index (χ3v) is 5.11. The molecule has 0 aromatic heterocycles. The summed E-state index contributed by atoms with van der Waals surface area (Å²) < 4.78 is 9.69. The van der Waals surface area contributed by atoms with Gasteiger partial charge in [-0.15, -0.1) is 0 Å². The van der Waals surface area contributed by atoms with E-state index in [0.29, 0.717) is 17.8 Å². The van der Waals surface area contributed by atoms with Crippen LogP contribution < -0.4 is 0 Å². The van der Waals surface area contributed by atoms with Gasteiger partial charge in [-0.2, -0.15) is 0 Å². The van der Waals surface area contributed by atoms with Crippen LogP contribution >= 0.6 is 34.8 Å². The lowest BCUT2D eigenvalue weighted by atomic mass is 9.75. The average molecular weight is 345 g/mol. The van der Waals surface area contributed by atoms with Crippen LogP contribution in [0.15, 0.2) is 0 Å². The molecule has 1 fully saturated rings. The van der Waals surface area contributed by atoms with Gasteiger partial charge in [-0.05, 0) is 17.8 Å². The van der Waals surface area contributed by atoms with Gasteiger partial charge in [-0.3, -0.25) is 5.41 Å². The molecule has 0 bridgehead atoms. The van der Waals surface area contributed by atoms with Crippen molar-refractivity contribution in [1.29, 1.82) is 5.41 Å². The first kappa shape index (κ1) is 18.3. The van der Waals surface area contributed by atoms with Gasteiger partial charge in [0.05, 0.1) is 6.10 Å². The molecule has 1 saturated heterocycles. The van der Waals surface area contributed by atoms with Gasteiger partial charge in [0, 0.05) is 5.92 Å². The van der Waals surface area contributed by atoms with E-state index in [-0.39, 0.29) is 17.9 Å². The molecule has 0 aliphatic carbocycles. The van der Waals surface area contributed by atoms with Gasteiger partial charge in [0.2, 0.25) is 12.2 Å². The maximum Gasteiger partial charge on any atom is 0.265 e. The monoisotopic (exact) mass is 343 g/mol. The Hall–Kier alpha value is 0.300. The third-order valence-electron chi connectivity index (χ3n) is 4.59. The standard InChI is InChI=1S/C14H24Cl3NO2/c1-6-7(2)11-9(4)8(3)10(5)12(19-11)20-13(18)14(15,16)17/h7-12,18H,6H2,1-5H3/t7-,8-,9-,10?,11?,12-/m0/s1. The second-order valence-electron chi connectivity index (χ2n) is 5.88. The van der Waals surface area contributed by atoms with E-state index in [1.807, 2.05) is 6.92 Å². The van der Waals surface area contributed by atoms with E-state index < -0.39 is 10.1 Å². The average Bonchev–Trinajstić information content (AvgIpc) is 2.37. The first-order chi connectivity index (χ1) is 9.09. The first-order valence-electron chi connectivity index (χ1n) is 7.07. The Morgan fingerprint density at radius 2 is 1.75 bits per heavy atom. The van der Waals surface area contributed by atoms with Crippen molar-refractivity contribution >= 4 is 40.7 Å². The van der Waals surface area contributed by atoms with Crippen molar-refractivity contribution < 1.29 is 9.47 Å². The van der Waals surface area contributed by atoms with E-state index in [0.717, 1.165) is 6.42 Å². The summed E-state index contributed by atoms with van der Waals surface area (Å²) in [4.78, 5) is 0. The van der Waals surface area contributed by atoms with Crippen LogP contribution in [0, 0.1) is 29.1 Å². The number of hydrogen-bond acceptors (Lipinski definition) is 3. The largest absolute Gasteiger partial charge is 0.448 e. The number of rotatable bonds is 3. The highest BCUT2D eigenvalue weighted by molar-refractivity contribution is 6.76. The van der Waals surface area contributed by atoms with Gasteiger partial charge >= 0.3 is 0 Å². The summed E-state index contributed by atoms with van der Waals surface area (Å²) in [6.45, 7) is 10.7. The van der Waals surface area contributed by atoms with Crippen LogP contribution in [0.1, 0.15) is 41.0 Å². The fraction of sp³-hybridized carbons (Fsp3) is 0.929. The molecule has 6 heteroatoms. The lowest BCUT2D eigenvalue weighted by molar-refractivity contribution is -0.230. The van der Waals surface area contributed by atoms with Crippen LogP contribution in [0.2, 0.25) is 0 Å². The van der Waals surface area contributed by atoms with Crippen molar-refractivity contribution in [1.82, 2.24) is 0 Å². The predicted octanol–water partition coefficient (Wildman–Crippen LogP) is 5.03. The highest BCUT2D eigenvalue weighted by Gasteiger charge is 2.43. The maximum absolute atomic E-state index is 7.70. The first-order valence-corrected chi connectivity index (χ1v) is 8.20. The number of hydrogen-bond donors (Lipinski definition) is 1. The zero-order chi connectivity index (χ0) is 15.7. The summed E-state index contributed by atoms with van der Waals surface area (Å²) in [7, 11) is 0. The molecule has 0 saturated carbocycles. The van der Waals surface area contributed by atoms with Crippen LogP contribution in [0.25, 0.3) is 0 Å². The molecular weight excluding hydrogens is 321 g/mol. The molecular formula is C14H24Cl3NO2. The van der Waals surface area contributed by atoms with Gasteiger partial charge in [0.25, 0.3) is 3.79 Å². The Morgan fingerprint density at radius 3 is 2.20 bits per heavy atom. The molecule has 1 N–H and O–H groups in total. The summed E-state index contributed by atoms with van der Waals surface area (Å²) >= 11 is 17.0. The quantitative estimate of drug-likeness (QED) is 0.443. The minimum Gasteiger partial charge on any atom is -0.448 e. The Kier molecular flexibility index (Phi) is 6.46. The Labute approximate surface area is 136 Å². The predicted molar refractivity (Wildman–Crippen MR) is 84.7 cm³/mol. The lowest BCUT2D eigenvalue weighted by Crippen LogP contribution is -2.49. The summed E-state index contributed by atoms with van der Waals surface area (Å²) in [5.74, 6) is 1.02. The molecule has 1 heterocycles. The summed E-state index contributed by atoms with van der Waals surface area (Å²) in [6.07, 6.45) is 0.591. The fourth-order valence-corrected chi connectivity index (χ4v) is 2.76. The second kappa shape index (κ2) is 7.04. The molecule has 0 radical (unpaired) electrons. The highest BCUT2D eigenvalue weighted by atomic mass is 35.6. The topological polar surface area (TPSA) is 42.3 Å². The van der Waals surface area contributed by atoms with Gasteiger partial charge in [0.1, 0.15) is 0 Å². The number of alkyl halides is 3. The van der Waals surface area contributed by atoms with E-state index >= 15 is 0 Å². The minimum atomic E-state index is -1.85. The highest BCUT2D eigenvalue weighted by Crippen LogP contribution is 2.40.